The maximum atomic E-state index is 6.18. The predicted molar refractivity (Wildman–Crippen MR) is 153 cm³/mol. The highest BCUT2D eigenvalue weighted by atomic mass is 16.3. The number of rotatable bonds is 3. The van der Waals surface area contributed by atoms with E-state index in [9.17, 15) is 0 Å². The molecule has 0 fully saturated rings. The molecule has 0 aliphatic rings. The van der Waals surface area contributed by atoms with Crippen molar-refractivity contribution < 1.29 is 4.42 Å². The summed E-state index contributed by atoms with van der Waals surface area (Å²) in [6.45, 7) is 0. The number of fused-ring (bicyclic) bond motifs is 7. The quantitative estimate of drug-likeness (QED) is 0.271. The van der Waals surface area contributed by atoms with Crippen molar-refractivity contribution in [2.45, 2.75) is 0 Å². The second-order valence-corrected chi connectivity index (χ2v) is 9.38. The van der Waals surface area contributed by atoms with Crippen LogP contribution in [0.15, 0.2) is 120 Å². The Morgan fingerprint density at radius 3 is 1.76 bits per heavy atom. The molecule has 0 saturated carbocycles. The highest BCUT2D eigenvalue weighted by Gasteiger charge is 2.17. The molecule has 3 aromatic heterocycles. The van der Waals surface area contributed by atoms with E-state index in [-0.39, 0.29) is 0 Å². The van der Waals surface area contributed by atoms with Gasteiger partial charge in [0.2, 0.25) is 0 Å². The minimum atomic E-state index is 0.637. The summed E-state index contributed by atoms with van der Waals surface area (Å²) in [5.74, 6) is 1.94. The maximum absolute atomic E-state index is 6.18. The lowest BCUT2D eigenvalue weighted by Gasteiger charge is -2.08. The fourth-order valence-corrected chi connectivity index (χ4v) is 5.28. The Hall–Kier alpha value is -5.29. The Morgan fingerprint density at radius 1 is 0.447 bits per heavy atom. The zero-order valence-electron chi connectivity index (χ0n) is 20.2. The first-order chi connectivity index (χ1) is 18.8. The van der Waals surface area contributed by atoms with Crippen molar-refractivity contribution in [2.24, 2.45) is 0 Å². The number of nitrogens with zero attached hydrogens (tertiary/aromatic N) is 3. The molecule has 5 aromatic carbocycles. The van der Waals surface area contributed by atoms with E-state index in [1.54, 1.807) is 0 Å². The van der Waals surface area contributed by atoms with Gasteiger partial charge in [-0.2, -0.15) is 0 Å². The van der Waals surface area contributed by atoms with Gasteiger partial charge in [-0.25, -0.2) is 15.0 Å². The summed E-state index contributed by atoms with van der Waals surface area (Å²) < 4.78 is 6.18. The van der Waals surface area contributed by atoms with Crippen molar-refractivity contribution in [1.29, 1.82) is 0 Å². The summed E-state index contributed by atoms with van der Waals surface area (Å²) >= 11 is 0. The fourth-order valence-electron chi connectivity index (χ4n) is 5.28. The molecule has 0 spiro atoms. The van der Waals surface area contributed by atoms with Crippen molar-refractivity contribution in [3.05, 3.63) is 115 Å². The molecule has 5 nitrogen and oxygen atoms in total. The number of hydrogen-bond acceptors (Lipinski definition) is 4. The molecule has 5 heteroatoms. The Bertz CT molecular complexity index is 2070. The van der Waals surface area contributed by atoms with E-state index in [0.717, 1.165) is 60.4 Å². The summed E-state index contributed by atoms with van der Waals surface area (Å²) in [6, 6.07) is 38.8. The Balaban J connectivity index is 1.40. The summed E-state index contributed by atoms with van der Waals surface area (Å²) in [4.78, 5) is 18.3. The van der Waals surface area contributed by atoms with Gasteiger partial charge in [0.1, 0.15) is 11.2 Å². The molecule has 0 aliphatic carbocycles. The van der Waals surface area contributed by atoms with E-state index < -0.39 is 0 Å². The third-order valence-electron chi connectivity index (χ3n) is 7.06. The molecule has 0 radical (unpaired) electrons. The molecule has 0 aliphatic heterocycles. The Kier molecular flexibility index (Phi) is 4.45. The molecular weight excluding hydrogens is 468 g/mol. The van der Waals surface area contributed by atoms with Gasteiger partial charge in [0.25, 0.3) is 0 Å². The zero-order valence-corrected chi connectivity index (χ0v) is 20.2. The first-order valence-electron chi connectivity index (χ1n) is 12.5. The van der Waals surface area contributed by atoms with E-state index in [1.807, 2.05) is 78.9 Å². The van der Waals surface area contributed by atoms with Crippen LogP contribution in [0.3, 0.4) is 0 Å². The monoisotopic (exact) mass is 488 g/mol. The van der Waals surface area contributed by atoms with Gasteiger partial charge in [0.15, 0.2) is 17.5 Å². The van der Waals surface area contributed by atoms with Crippen LogP contribution in [0.5, 0.6) is 0 Å². The van der Waals surface area contributed by atoms with Gasteiger partial charge in [0, 0.05) is 49.3 Å². The average molecular weight is 489 g/mol. The Labute approximate surface area is 217 Å². The standard InChI is InChI=1S/C33H20N4O/c1-3-9-20(10-4-1)31-35-32(21-11-5-2-6-12-21)37-33(36-31)22-15-16-25-24(19-22)29-26(34-25)17-18-28-30(29)23-13-7-8-14-27(23)38-28/h1-19,34H. The molecule has 1 N–H and O–H groups in total. The van der Waals surface area contributed by atoms with Gasteiger partial charge in [-0.1, -0.05) is 78.9 Å². The van der Waals surface area contributed by atoms with Crippen molar-refractivity contribution in [2.75, 3.05) is 0 Å². The second-order valence-electron chi connectivity index (χ2n) is 9.38. The first kappa shape index (κ1) is 20.9. The number of H-pyrrole nitrogens is 1. The lowest BCUT2D eigenvalue weighted by Crippen LogP contribution is -2.00. The fraction of sp³-hybridized carbons (Fsp3) is 0. The van der Waals surface area contributed by atoms with E-state index in [2.05, 4.69) is 41.4 Å². The van der Waals surface area contributed by atoms with Crippen LogP contribution in [0, 0.1) is 0 Å². The van der Waals surface area contributed by atoms with Gasteiger partial charge in [-0.3, -0.25) is 0 Å². The number of aromatic amines is 1. The van der Waals surface area contributed by atoms with Crippen LogP contribution in [0.1, 0.15) is 0 Å². The molecule has 3 heterocycles. The SMILES string of the molecule is c1ccc(-c2nc(-c3ccccc3)nc(-c3ccc4[nH]c5ccc6oc7ccccc7c6c5c4c3)n2)cc1. The van der Waals surface area contributed by atoms with Gasteiger partial charge in [-0.15, -0.1) is 0 Å². The lowest BCUT2D eigenvalue weighted by molar-refractivity contribution is 0.669. The molecule has 0 bridgehead atoms. The van der Waals surface area contributed by atoms with Crippen LogP contribution >= 0.6 is 0 Å². The van der Waals surface area contributed by atoms with Crippen molar-refractivity contribution >= 4 is 43.7 Å². The summed E-state index contributed by atoms with van der Waals surface area (Å²) in [5, 5.41) is 4.48. The highest BCUT2D eigenvalue weighted by Crippen LogP contribution is 2.39. The predicted octanol–water partition coefficient (Wildman–Crippen LogP) is 8.41. The van der Waals surface area contributed by atoms with Crippen molar-refractivity contribution in [3.8, 4) is 34.2 Å². The third kappa shape index (κ3) is 3.22. The van der Waals surface area contributed by atoms with Crippen LogP contribution in [0.2, 0.25) is 0 Å². The smallest absolute Gasteiger partial charge is 0.164 e. The van der Waals surface area contributed by atoms with Crippen LogP contribution in [0.4, 0.5) is 0 Å². The van der Waals surface area contributed by atoms with Gasteiger partial charge in [0.05, 0.1) is 0 Å². The summed E-state index contributed by atoms with van der Waals surface area (Å²) in [7, 11) is 0. The largest absolute Gasteiger partial charge is 0.456 e. The topological polar surface area (TPSA) is 67.6 Å². The number of nitrogens with one attached hydrogen (secondary N) is 1. The molecule has 0 amide bonds. The third-order valence-corrected chi connectivity index (χ3v) is 7.06. The van der Waals surface area contributed by atoms with Crippen LogP contribution < -0.4 is 0 Å². The zero-order chi connectivity index (χ0) is 25.1. The lowest BCUT2D eigenvalue weighted by atomic mass is 10.0. The van der Waals surface area contributed by atoms with E-state index in [4.69, 9.17) is 19.4 Å². The molecule has 8 rings (SSSR count). The molecule has 0 atom stereocenters. The van der Waals surface area contributed by atoms with Crippen molar-refractivity contribution in [1.82, 2.24) is 19.9 Å². The van der Waals surface area contributed by atoms with E-state index in [1.165, 1.54) is 0 Å². The normalized spacial score (nSPS) is 11.7. The number of benzene rings is 5. The molecular formula is C33H20N4O. The van der Waals surface area contributed by atoms with Gasteiger partial charge >= 0.3 is 0 Å². The molecule has 8 aromatic rings. The molecule has 38 heavy (non-hydrogen) atoms. The second kappa shape index (κ2) is 8.11. The maximum Gasteiger partial charge on any atom is 0.164 e. The minimum absolute atomic E-state index is 0.637. The van der Waals surface area contributed by atoms with Crippen LogP contribution in [0.25, 0.3) is 77.9 Å². The average Bonchev–Trinajstić information content (AvgIpc) is 3.55. The van der Waals surface area contributed by atoms with Gasteiger partial charge < -0.3 is 9.40 Å². The number of aromatic nitrogens is 4. The molecule has 0 saturated heterocycles. The van der Waals surface area contributed by atoms with Gasteiger partial charge in [-0.05, 0) is 36.4 Å². The first-order valence-corrected chi connectivity index (χ1v) is 12.5. The summed E-state index contributed by atoms with van der Waals surface area (Å²) in [5.41, 5.74) is 6.73. The number of para-hydroxylation sites is 1. The summed E-state index contributed by atoms with van der Waals surface area (Å²) in [6.07, 6.45) is 0. The van der Waals surface area contributed by atoms with E-state index in [0.29, 0.717) is 17.5 Å². The Morgan fingerprint density at radius 2 is 1.05 bits per heavy atom. The minimum Gasteiger partial charge on any atom is -0.456 e. The number of furan rings is 1. The van der Waals surface area contributed by atoms with Crippen molar-refractivity contribution in [3.63, 3.8) is 0 Å². The molecule has 0 unspecified atom stereocenters. The molecule has 178 valence electrons. The number of hydrogen-bond donors (Lipinski definition) is 1. The van der Waals surface area contributed by atoms with Crippen LogP contribution in [-0.4, -0.2) is 19.9 Å². The van der Waals surface area contributed by atoms with E-state index >= 15 is 0 Å². The van der Waals surface area contributed by atoms with Crippen LogP contribution in [-0.2, 0) is 0 Å². The highest BCUT2D eigenvalue weighted by molar-refractivity contribution is 6.26.